The smallest absolute Gasteiger partial charge is 0.251 e. The Morgan fingerprint density at radius 2 is 2.14 bits per heavy atom. The second kappa shape index (κ2) is 9.20. The second-order valence-corrected chi connectivity index (χ2v) is 5.73. The van der Waals surface area contributed by atoms with Gasteiger partial charge in [0.1, 0.15) is 0 Å². The van der Waals surface area contributed by atoms with Crippen LogP contribution < -0.4 is 11.1 Å². The summed E-state index contributed by atoms with van der Waals surface area (Å²) in [5.74, 6) is -0.0802. The highest BCUT2D eigenvalue weighted by atomic mass is 35.5. The second-order valence-electron chi connectivity index (χ2n) is 5.73. The fourth-order valence-electron chi connectivity index (χ4n) is 2.39. The lowest BCUT2D eigenvalue weighted by Gasteiger charge is -2.42. The Balaban J connectivity index is 0.00000220. The number of benzene rings is 1. The first kappa shape index (κ1) is 21.0. The summed E-state index contributed by atoms with van der Waals surface area (Å²) in [7, 11) is 0. The highest BCUT2D eigenvalue weighted by Crippen LogP contribution is 2.17. The average Bonchev–Trinajstić information content (AvgIpc) is 2.40. The van der Waals surface area contributed by atoms with Gasteiger partial charge in [-0.15, -0.1) is 24.8 Å². The average molecular weight is 350 g/mol. The molecule has 126 valence electrons. The molecule has 1 amide bonds. The van der Waals surface area contributed by atoms with Crippen LogP contribution in [0.5, 0.6) is 0 Å². The first-order valence-corrected chi connectivity index (χ1v) is 6.95. The minimum absolute atomic E-state index is 0. The van der Waals surface area contributed by atoms with E-state index in [0.29, 0.717) is 17.8 Å². The normalized spacial score (nSPS) is 17.0. The van der Waals surface area contributed by atoms with Crippen molar-refractivity contribution in [1.82, 2.24) is 10.2 Å². The van der Waals surface area contributed by atoms with E-state index in [0.717, 1.165) is 26.3 Å². The molecule has 1 aromatic carbocycles. The van der Waals surface area contributed by atoms with Crippen molar-refractivity contribution in [3.05, 3.63) is 29.8 Å². The Morgan fingerprint density at radius 1 is 1.41 bits per heavy atom. The molecule has 0 aromatic heterocycles. The topological polar surface area (TPSA) is 67.6 Å². The zero-order valence-electron chi connectivity index (χ0n) is 13.0. The Bertz CT molecular complexity index is 484. The van der Waals surface area contributed by atoms with Gasteiger partial charge in [0, 0.05) is 36.4 Å². The largest absolute Gasteiger partial charge is 0.399 e. The van der Waals surface area contributed by atoms with Crippen molar-refractivity contribution in [2.24, 2.45) is 0 Å². The van der Waals surface area contributed by atoms with Crippen LogP contribution >= 0.6 is 24.8 Å². The van der Waals surface area contributed by atoms with Crippen LogP contribution in [-0.4, -0.2) is 49.2 Å². The van der Waals surface area contributed by atoms with Crippen LogP contribution in [0.15, 0.2) is 24.3 Å². The Morgan fingerprint density at radius 3 is 2.77 bits per heavy atom. The van der Waals surface area contributed by atoms with E-state index in [9.17, 15) is 4.79 Å². The Kier molecular flexibility index (Phi) is 8.78. The molecule has 7 heteroatoms. The molecule has 0 bridgehead atoms. The van der Waals surface area contributed by atoms with Gasteiger partial charge >= 0.3 is 0 Å². The van der Waals surface area contributed by atoms with E-state index in [-0.39, 0.29) is 36.3 Å². The number of morpholine rings is 1. The van der Waals surface area contributed by atoms with Crippen molar-refractivity contribution in [3.8, 4) is 0 Å². The minimum Gasteiger partial charge on any atom is -0.399 e. The number of hydrogen-bond donors (Lipinski definition) is 2. The van der Waals surface area contributed by atoms with Gasteiger partial charge in [-0.1, -0.05) is 6.07 Å². The molecule has 1 saturated heterocycles. The van der Waals surface area contributed by atoms with Crippen LogP contribution in [0, 0.1) is 0 Å². The number of hydrogen-bond acceptors (Lipinski definition) is 4. The lowest BCUT2D eigenvalue weighted by atomic mass is 10.0. The lowest BCUT2D eigenvalue weighted by Crippen LogP contribution is -2.54. The predicted octanol–water partition coefficient (Wildman–Crippen LogP) is 1.95. The molecule has 22 heavy (non-hydrogen) atoms. The Hall–Kier alpha value is -1.01. The maximum absolute atomic E-state index is 12.0. The summed E-state index contributed by atoms with van der Waals surface area (Å²) in [6.45, 7) is 8.16. The van der Waals surface area contributed by atoms with Crippen molar-refractivity contribution >= 4 is 36.4 Å². The van der Waals surface area contributed by atoms with Gasteiger partial charge in [0.15, 0.2) is 0 Å². The van der Waals surface area contributed by atoms with Crippen LogP contribution in [0.1, 0.15) is 24.2 Å². The molecular weight excluding hydrogens is 325 g/mol. The monoisotopic (exact) mass is 349 g/mol. The quantitative estimate of drug-likeness (QED) is 0.815. The third-order valence-corrected chi connectivity index (χ3v) is 3.63. The summed E-state index contributed by atoms with van der Waals surface area (Å²) in [6.07, 6.45) is 0. The van der Waals surface area contributed by atoms with Crippen molar-refractivity contribution < 1.29 is 9.53 Å². The number of anilines is 1. The number of rotatable bonds is 4. The molecule has 1 aliphatic heterocycles. The van der Waals surface area contributed by atoms with Crippen LogP contribution in [-0.2, 0) is 4.74 Å². The molecule has 2 rings (SSSR count). The highest BCUT2D eigenvalue weighted by Gasteiger charge is 2.29. The standard InChI is InChI=1S/C15H23N3O2.2ClH/c1-15(2)11-20-9-8-18(15)7-6-17-14(19)12-4-3-5-13(16)10-12;;/h3-5,10H,6-9,11,16H2,1-2H3,(H,17,19);2*1H. The maximum atomic E-state index is 12.0. The molecule has 0 aliphatic carbocycles. The fourth-order valence-corrected chi connectivity index (χ4v) is 2.39. The van der Waals surface area contributed by atoms with Crippen molar-refractivity contribution in [2.75, 3.05) is 38.6 Å². The van der Waals surface area contributed by atoms with Crippen molar-refractivity contribution in [3.63, 3.8) is 0 Å². The number of nitrogens with zero attached hydrogens (tertiary/aromatic N) is 1. The van der Waals surface area contributed by atoms with Crippen LogP contribution in [0.4, 0.5) is 5.69 Å². The summed E-state index contributed by atoms with van der Waals surface area (Å²) in [6, 6.07) is 7.01. The van der Waals surface area contributed by atoms with Gasteiger partial charge in [-0.3, -0.25) is 9.69 Å². The van der Waals surface area contributed by atoms with Gasteiger partial charge in [-0.25, -0.2) is 0 Å². The van der Waals surface area contributed by atoms with Crippen molar-refractivity contribution in [1.29, 1.82) is 0 Å². The van der Waals surface area contributed by atoms with Gasteiger partial charge in [0.05, 0.1) is 13.2 Å². The van der Waals surface area contributed by atoms with E-state index < -0.39 is 0 Å². The molecule has 0 spiro atoms. The Labute approximate surface area is 144 Å². The van der Waals surface area contributed by atoms with E-state index in [4.69, 9.17) is 10.5 Å². The van der Waals surface area contributed by atoms with Crippen molar-refractivity contribution in [2.45, 2.75) is 19.4 Å². The minimum atomic E-state index is -0.0802. The third-order valence-electron chi connectivity index (χ3n) is 3.63. The summed E-state index contributed by atoms with van der Waals surface area (Å²) in [5, 5.41) is 2.93. The molecule has 1 aliphatic rings. The first-order chi connectivity index (χ1) is 9.49. The highest BCUT2D eigenvalue weighted by molar-refractivity contribution is 5.94. The SMILES string of the molecule is CC1(C)COCCN1CCNC(=O)c1cccc(N)c1.Cl.Cl. The third kappa shape index (κ3) is 5.65. The summed E-state index contributed by atoms with van der Waals surface area (Å²) in [4.78, 5) is 14.3. The van der Waals surface area contributed by atoms with Gasteiger partial charge in [-0.05, 0) is 32.0 Å². The molecule has 3 N–H and O–H groups in total. The molecule has 1 heterocycles. The van der Waals surface area contributed by atoms with Gasteiger partial charge in [0.2, 0.25) is 0 Å². The maximum Gasteiger partial charge on any atom is 0.251 e. The molecule has 0 radical (unpaired) electrons. The zero-order valence-corrected chi connectivity index (χ0v) is 14.6. The molecular formula is C15H25Cl2N3O2. The number of carbonyl (C=O) groups is 1. The summed E-state index contributed by atoms with van der Waals surface area (Å²) >= 11 is 0. The van der Waals surface area contributed by atoms with Gasteiger partial charge in [0.25, 0.3) is 5.91 Å². The van der Waals surface area contributed by atoms with Crippen LogP contribution in [0.25, 0.3) is 0 Å². The van der Waals surface area contributed by atoms with E-state index in [2.05, 4.69) is 24.1 Å². The van der Waals surface area contributed by atoms with Gasteiger partial charge in [-0.2, -0.15) is 0 Å². The van der Waals surface area contributed by atoms with Crippen LogP contribution in [0.3, 0.4) is 0 Å². The number of carbonyl (C=O) groups excluding carboxylic acids is 1. The van der Waals surface area contributed by atoms with E-state index in [1.54, 1.807) is 24.3 Å². The number of nitrogens with one attached hydrogen (secondary N) is 1. The summed E-state index contributed by atoms with van der Waals surface area (Å²) < 4.78 is 5.48. The zero-order chi connectivity index (χ0) is 14.6. The number of nitrogen functional groups attached to an aromatic ring is 1. The predicted molar refractivity (Wildman–Crippen MR) is 94.2 cm³/mol. The number of halogens is 2. The van der Waals surface area contributed by atoms with Crippen LogP contribution in [0.2, 0.25) is 0 Å². The number of nitrogens with two attached hydrogens (primary N) is 1. The van der Waals surface area contributed by atoms with Gasteiger partial charge < -0.3 is 15.8 Å². The summed E-state index contributed by atoms with van der Waals surface area (Å²) in [5.41, 5.74) is 6.91. The number of ether oxygens (including phenoxy) is 1. The lowest BCUT2D eigenvalue weighted by molar-refractivity contribution is -0.0498. The molecule has 0 unspecified atom stereocenters. The molecule has 5 nitrogen and oxygen atoms in total. The van der Waals surface area contributed by atoms with E-state index in [1.807, 2.05) is 0 Å². The molecule has 0 atom stereocenters. The first-order valence-electron chi connectivity index (χ1n) is 6.95. The van der Waals surface area contributed by atoms with E-state index in [1.165, 1.54) is 0 Å². The molecule has 0 saturated carbocycles. The molecule has 1 aromatic rings. The number of amides is 1. The van der Waals surface area contributed by atoms with E-state index >= 15 is 0 Å². The fraction of sp³-hybridized carbons (Fsp3) is 0.533. The molecule has 1 fully saturated rings.